The maximum Gasteiger partial charge on any atom is 0.416 e. The topological polar surface area (TPSA) is 20.9 Å². The third-order valence-corrected chi connectivity index (χ3v) is 12.2. The number of carbonyl (C=O) groups excluding carboxylic acids is 1. The molecule has 0 aliphatic carbocycles. The van der Waals surface area contributed by atoms with Gasteiger partial charge in [0.15, 0.2) is 12.4 Å². The molecular formula is C49H25BBrF24NO. The van der Waals surface area contributed by atoms with Gasteiger partial charge in [0.2, 0.25) is 12.3 Å². The summed E-state index contributed by atoms with van der Waals surface area (Å²) < 4.78 is 344. The molecule has 0 saturated heterocycles. The molecule has 410 valence electrons. The minimum atomic E-state index is -6.13. The molecule has 0 atom stereocenters. The Bertz CT molecular complexity index is 2870. The van der Waals surface area contributed by atoms with Crippen LogP contribution in [0.2, 0.25) is 0 Å². The Balaban J connectivity index is 0.000000397. The Hall–Kier alpha value is -6.74. The van der Waals surface area contributed by atoms with Crippen LogP contribution in [-0.2, 0) is 56.0 Å². The lowest BCUT2D eigenvalue weighted by Gasteiger charge is -2.46. The monoisotopic (exact) mass is 1190 g/mol. The first kappa shape index (κ1) is 59.5. The number of rotatable bonds is 7. The number of carbonyl (C=O) groups is 1. The molecule has 0 amide bonds. The minimum Gasteiger partial charge on any atom is -0.287 e. The Kier molecular flexibility index (Phi) is 15.9. The predicted octanol–water partition coefficient (Wildman–Crippen LogP) is 15.0. The molecular weight excluding hydrogens is 1170 g/mol. The highest BCUT2D eigenvalue weighted by atomic mass is 79.9. The maximum absolute atomic E-state index is 14.2. The molecule has 1 heterocycles. The molecule has 0 unspecified atom stereocenters. The minimum absolute atomic E-state index is 0.109. The predicted molar refractivity (Wildman–Crippen MR) is 233 cm³/mol. The second-order valence-electron chi connectivity index (χ2n) is 16.9. The number of hydrogen-bond donors (Lipinski definition) is 0. The van der Waals surface area contributed by atoms with E-state index in [2.05, 4.69) is 28.1 Å². The lowest BCUT2D eigenvalue weighted by Crippen LogP contribution is -2.75. The molecule has 7 aromatic rings. The van der Waals surface area contributed by atoms with Crippen molar-refractivity contribution in [3.05, 3.63) is 194 Å². The van der Waals surface area contributed by atoms with E-state index in [1.807, 2.05) is 59.4 Å². The number of benzene rings is 6. The van der Waals surface area contributed by atoms with Gasteiger partial charge in [0.25, 0.3) is 0 Å². The summed E-state index contributed by atoms with van der Waals surface area (Å²) in [6, 6.07) is 8.81. The van der Waals surface area contributed by atoms with E-state index in [9.17, 15) is 110 Å². The van der Waals surface area contributed by atoms with Gasteiger partial charge >= 0.3 is 49.4 Å². The maximum atomic E-state index is 14.2. The largest absolute Gasteiger partial charge is 0.416 e. The Labute approximate surface area is 424 Å². The van der Waals surface area contributed by atoms with Crippen LogP contribution in [0.3, 0.4) is 0 Å². The number of Topliss-reactive ketones (excluding diaryl/α,β-unsaturated/α-hetero) is 1. The van der Waals surface area contributed by atoms with Crippen molar-refractivity contribution >= 4 is 60.5 Å². The fraction of sp³-hybridized carbons (Fsp3) is 0.184. The summed E-state index contributed by atoms with van der Waals surface area (Å²) in [6.45, 7) is 0.354. The summed E-state index contributed by atoms with van der Waals surface area (Å²) in [5, 5.41) is 2.32. The second kappa shape index (κ2) is 20.6. The summed E-state index contributed by atoms with van der Waals surface area (Å²) in [4.78, 5) is 12.2. The molecule has 0 aliphatic heterocycles. The van der Waals surface area contributed by atoms with Gasteiger partial charge in [-0.25, -0.2) is 0 Å². The van der Waals surface area contributed by atoms with E-state index >= 15 is 0 Å². The van der Waals surface area contributed by atoms with Gasteiger partial charge in [-0.2, -0.15) is 132 Å². The molecule has 77 heavy (non-hydrogen) atoms. The van der Waals surface area contributed by atoms with Crippen molar-refractivity contribution in [2.24, 2.45) is 0 Å². The summed E-state index contributed by atoms with van der Waals surface area (Å²) in [5.41, 5.74) is -29.5. The molecule has 7 rings (SSSR count). The summed E-state index contributed by atoms with van der Waals surface area (Å²) in [7, 11) is 0. The number of nitrogens with zero attached hydrogens (tertiary/aromatic N) is 1. The first-order valence-electron chi connectivity index (χ1n) is 21.0. The average molecular weight is 1190 g/mol. The van der Waals surface area contributed by atoms with Crippen LogP contribution in [0.15, 0.2) is 144 Å². The molecule has 0 spiro atoms. The van der Waals surface area contributed by atoms with Gasteiger partial charge in [-0.05, 0) is 47.9 Å². The van der Waals surface area contributed by atoms with Gasteiger partial charge in [0.05, 0.1) is 44.5 Å². The smallest absolute Gasteiger partial charge is 0.287 e. The normalized spacial score (nSPS) is 13.4. The number of aromatic nitrogens is 1. The number of alkyl halides is 24. The Morgan fingerprint density at radius 3 is 0.883 bits per heavy atom. The van der Waals surface area contributed by atoms with Gasteiger partial charge in [0, 0.05) is 21.5 Å². The molecule has 6 aromatic carbocycles. The second-order valence-corrected chi connectivity index (χ2v) is 17.8. The van der Waals surface area contributed by atoms with Gasteiger partial charge in [-0.15, -0.1) is 0 Å². The average Bonchev–Trinajstić information content (AvgIpc) is 3.29. The number of hydrogen-bond acceptors (Lipinski definition) is 1. The van der Waals surface area contributed by atoms with E-state index in [4.69, 9.17) is 0 Å². The highest BCUT2D eigenvalue weighted by Crippen LogP contribution is 2.41. The van der Waals surface area contributed by atoms with Crippen LogP contribution in [0.4, 0.5) is 105 Å². The molecule has 0 saturated carbocycles. The van der Waals surface area contributed by atoms with E-state index in [-0.39, 0.29) is 5.78 Å². The molecule has 28 heteroatoms. The highest BCUT2D eigenvalue weighted by molar-refractivity contribution is 9.10. The van der Waals surface area contributed by atoms with E-state index in [1.165, 1.54) is 5.39 Å². The fourth-order valence-electron chi connectivity index (χ4n) is 8.24. The van der Waals surface area contributed by atoms with Crippen molar-refractivity contribution < 1.29 is 115 Å². The van der Waals surface area contributed by atoms with Crippen LogP contribution in [0.25, 0.3) is 10.8 Å². The van der Waals surface area contributed by atoms with Crippen LogP contribution in [-0.4, -0.2) is 11.9 Å². The van der Waals surface area contributed by atoms with Gasteiger partial charge in [0.1, 0.15) is 6.15 Å². The highest BCUT2D eigenvalue weighted by Gasteiger charge is 2.47. The van der Waals surface area contributed by atoms with Crippen molar-refractivity contribution in [3.63, 3.8) is 0 Å². The lowest BCUT2D eigenvalue weighted by molar-refractivity contribution is -0.681. The van der Waals surface area contributed by atoms with Crippen molar-refractivity contribution in [2.75, 3.05) is 0 Å². The van der Waals surface area contributed by atoms with E-state index < -0.39 is 195 Å². The number of halogens is 25. The van der Waals surface area contributed by atoms with Gasteiger partial charge in [-0.3, -0.25) is 4.79 Å². The van der Waals surface area contributed by atoms with Gasteiger partial charge in [-0.1, -0.05) is 94.8 Å². The van der Waals surface area contributed by atoms with Crippen molar-refractivity contribution in [1.29, 1.82) is 0 Å². The standard InChI is InChI=1S/C32H12BF24.C17H13BrNO/c34-25(35,36)13-1-14(26(37,38)39)6-21(5-13)33(22-7-15(27(40,41)42)2-16(8-22)28(43,44)45,23-9-17(29(46,47)48)3-18(10-23)30(49,50)51)24-11-19(31(52,53)54)4-20(12-24)32(55,56)57;18-16-7-5-14(6-8-16)17(20)12-19-10-9-13-3-1-2-4-15(13)11-19/h1-12H;1-11H,12H2/q-1;+1. The fourth-order valence-corrected chi connectivity index (χ4v) is 8.50. The number of fused-ring (bicyclic) bond motifs is 1. The summed E-state index contributed by atoms with van der Waals surface area (Å²) in [6.07, 6.45) is -50.9. The number of pyridine rings is 1. The third-order valence-electron chi connectivity index (χ3n) is 11.7. The number of ketones is 1. The zero-order valence-corrected chi connectivity index (χ0v) is 39.0. The molecule has 2 nitrogen and oxygen atoms in total. The molecule has 0 aliphatic rings. The summed E-state index contributed by atoms with van der Waals surface area (Å²) >= 11 is 3.37. The SMILES string of the molecule is FC(F)(F)c1cc([B-](c2cc(C(F)(F)F)cc(C(F)(F)F)c2)(c2cc(C(F)(F)F)cc(C(F)(F)F)c2)c2cc(C(F)(F)F)cc(C(F)(F)F)c2)cc(C(F)(F)F)c1.O=C(C[n+]1ccc2ccccc2c1)c1ccc(Br)cc1. The van der Waals surface area contributed by atoms with Crippen LogP contribution in [0.1, 0.15) is 54.9 Å². The lowest BCUT2D eigenvalue weighted by atomic mass is 9.12. The third kappa shape index (κ3) is 13.7. The first-order valence-corrected chi connectivity index (χ1v) is 21.8. The van der Waals surface area contributed by atoms with Gasteiger partial charge < -0.3 is 0 Å². The Morgan fingerprint density at radius 2 is 0.623 bits per heavy atom. The zero-order valence-electron chi connectivity index (χ0n) is 37.4. The quantitative estimate of drug-likeness (QED) is 0.0674. The first-order chi connectivity index (χ1) is 35.0. The van der Waals surface area contributed by atoms with Crippen molar-refractivity contribution in [3.8, 4) is 0 Å². The van der Waals surface area contributed by atoms with E-state index in [1.54, 1.807) is 0 Å². The van der Waals surface area contributed by atoms with Crippen LogP contribution >= 0.6 is 15.9 Å². The van der Waals surface area contributed by atoms with Crippen LogP contribution in [0, 0.1) is 0 Å². The van der Waals surface area contributed by atoms with Crippen LogP contribution < -0.4 is 26.4 Å². The Morgan fingerprint density at radius 1 is 0.364 bits per heavy atom. The molecule has 1 aromatic heterocycles. The molecule has 0 N–H and O–H groups in total. The molecule has 0 bridgehead atoms. The molecule has 0 radical (unpaired) electrons. The molecule has 0 fully saturated rings. The van der Waals surface area contributed by atoms with Crippen molar-refractivity contribution in [1.82, 2.24) is 0 Å². The van der Waals surface area contributed by atoms with E-state index in [0.29, 0.717) is 6.54 Å². The van der Waals surface area contributed by atoms with Crippen molar-refractivity contribution in [2.45, 2.75) is 56.0 Å². The van der Waals surface area contributed by atoms with E-state index in [0.717, 1.165) is 15.4 Å². The zero-order chi connectivity index (χ0) is 57.9. The van der Waals surface area contributed by atoms with Crippen LogP contribution in [0.5, 0.6) is 0 Å². The summed E-state index contributed by atoms with van der Waals surface area (Å²) in [5.74, 6) is 0.109.